The summed E-state index contributed by atoms with van der Waals surface area (Å²) in [4.78, 5) is 19.7. The summed E-state index contributed by atoms with van der Waals surface area (Å²) in [7, 11) is 0. The van der Waals surface area contributed by atoms with Crippen LogP contribution in [0.1, 0.15) is 66.7 Å². The van der Waals surface area contributed by atoms with Crippen LogP contribution in [0.5, 0.6) is 0 Å². The third kappa shape index (κ3) is 7.56. The molecule has 1 aliphatic heterocycles. The van der Waals surface area contributed by atoms with Crippen molar-refractivity contribution in [3.8, 4) is 0 Å². The first-order chi connectivity index (χ1) is 16.3. The van der Waals surface area contributed by atoms with Gasteiger partial charge in [-0.25, -0.2) is 13.8 Å². The molecule has 0 unspecified atom stereocenters. The molecule has 0 bridgehead atoms. The van der Waals surface area contributed by atoms with Crippen LogP contribution in [-0.4, -0.2) is 36.2 Å². The number of nitrogens with zero attached hydrogens (tertiary/aromatic N) is 2. The van der Waals surface area contributed by atoms with Crippen LogP contribution in [0.3, 0.4) is 0 Å². The van der Waals surface area contributed by atoms with Gasteiger partial charge in [0.05, 0.1) is 16.8 Å². The fourth-order valence-electron chi connectivity index (χ4n) is 3.92. The fourth-order valence-corrected chi connectivity index (χ4v) is 4.38. The number of hydrogen-bond donors (Lipinski definition) is 1. The first-order valence-electron chi connectivity index (χ1n) is 11.5. The minimum atomic E-state index is -4.71. The van der Waals surface area contributed by atoms with E-state index in [1.165, 1.54) is 36.9 Å². The molecule has 35 heavy (non-hydrogen) atoms. The lowest BCUT2D eigenvalue weighted by Gasteiger charge is -2.27. The molecule has 1 aliphatic rings. The van der Waals surface area contributed by atoms with Crippen LogP contribution in [0.4, 0.5) is 33.5 Å². The molecule has 0 atom stereocenters. The van der Waals surface area contributed by atoms with Crippen molar-refractivity contribution in [1.82, 2.24) is 4.98 Å². The number of carbonyl (C=O) groups is 1. The molecule has 4 nitrogen and oxygen atoms in total. The first-order valence-corrected chi connectivity index (χ1v) is 12.7. The van der Waals surface area contributed by atoms with Crippen LogP contribution < -0.4 is 10.2 Å². The number of nitrogens with one attached hydrogen (secondary N) is 1. The average Bonchev–Trinajstić information content (AvgIpc) is 2.93. The van der Waals surface area contributed by atoms with Gasteiger partial charge in [-0.15, -0.1) is 11.8 Å². The summed E-state index contributed by atoms with van der Waals surface area (Å²) in [6.07, 6.45) is -2.22. The van der Waals surface area contributed by atoms with E-state index < -0.39 is 30.0 Å². The zero-order valence-corrected chi connectivity index (χ0v) is 21.5. The van der Waals surface area contributed by atoms with Crippen LogP contribution in [0.15, 0.2) is 29.2 Å². The standard InChI is InChI=1S/C22H24F5N3OS.C3H8/c1-13-17(20(31)29-15-6-4-7-16(12-15)32-3)19(28-14(2)18(13)22(25,26)27)30-10-5-8-21(23,24)9-11-30;1-3-2/h4,6-7,12H,5,8-11H2,1-3H3,(H,29,31);3H2,1-2H3. The Morgan fingerprint density at radius 3 is 2.43 bits per heavy atom. The van der Waals surface area contributed by atoms with Crippen LogP contribution in [-0.2, 0) is 6.18 Å². The maximum atomic E-state index is 13.9. The molecular weight excluding hydrogens is 485 g/mol. The molecule has 0 radical (unpaired) electrons. The largest absolute Gasteiger partial charge is 0.418 e. The lowest BCUT2D eigenvalue weighted by Crippen LogP contribution is -2.31. The Balaban J connectivity index is 0.00000137. The van der Waals surface area contributed by atoms with Gasteiger partial charge in [0.1, 0.15) is 5.82 Å². The molecule has 2 aromatic rings. The first kappa shape index (κ1) is 28.9. The van der Waals surface area contributed by atoms with Gasteiger partial charge in [-0.05, 0) is 50.3 Å². The maximum absolute atomic E-state index is 13.9. The van der Waals surface area contributed by atoms with Gasteiger partial charge in [-0.2, -0.15) is 13.2 Å². The average molecular weight is 518 g/mol. The molecule has 1 N–H and O–H groups in total. The molecule has 10 heteroatoms. The van der Waals surface area contributed by atoms with Crippen molar-refractivity contribution in [2.75, 3.05) is 29.6 Å². The minimum absolute atomic E-state index is 0.00391. The number of hydrogen-bond acceptors (Lipinski definition) is 4. The molecule has 1 saturated heterocycles. The van der Waals surface area contributed by atoms with E-state index in [1.54, 1.807) is 18.2 Å². The quantitative estimate of drug-likeness (QED) is 0.333. The topological polar surface area (TPSA) is 45.2 Å². The Morgan fingerprint density at radius 2 is 1.83 bits per heavy atom. The summed E-state index contributed by atoms with van der Waals surface area (Å²) in [5.41, 5.74) is -1.37. The SMILES string of the molecule is CCC.CSc1cccc(NC(=O)c2c(N3CCCC(F)(F)CC3)nc(C)c(C(F)(F)F)c2C)c1. The van der Waals surface area contributed by atoms with Gasteiger partial charge in [0.15, 0.2) is 0 Å². The normalized spacial score (nSPS) is 15.7. The van der Waals surface area contributed by atoms with Crippen molar-refractivity contribution in [3.63, 3.8) is 0 Å². The predicted octanol–water partition coefficient (Wildman–Crippen LogP) is 7.73. The number of aryl methyl sites for hydroxylation is 1. The third-order valence-corrected chi connectivity index (χ3v) is 6.19. The molecule has 1 amide bonds. The van der Waals surface area contributed by atoms with E-state index in [9.17, 15) is 26.7 Å². The summed E-state index contributed by atoms with van der Waals surface area (Å²) >= 11 is 1.45. The van der Waals surface area contributed by atoms with E-state index in [-0.39, 0.29) is 48.6 Å². The van der Waals surface area contributed by atoms with Crippen LogP contribution >= 0.6 is 11.8 Å². The summed E-state index contributed by atoms with van der Waals surface area (Å²) < 4.78 is 68.9. The molecule has 2 heterocycles. The Kier molecular flexibility index (Phi) is 9.94. The number of alkyl halides is 5. The molecule has 0 saturated carbocycles. The van der Waals surface area contributed by atoms with Crippen molar-refractivity contribution in [3.05, 3.63) is 46.6 Å². The number of anilines is 2. The minimum Gasteiger partial charge on any atom is -0.356 e. The summed E-state index contributed by atoms with van der Waals surface area (Å²) in [6, 6.07) is 6.89. The Labute approximate surface area is 207 Å². The van der Waals surface area contributed by atoms with Gasteiger partial charge >= 0.3 is 6.18 Å². The van der Waals surface area contributed by atoms with Crippen molar-refractivity contribution >= 4 is 29.2 Å². The van der Waals surface area contributed by atoms with Crippen molar-refractivity contribution in [2.45, 2.75) is 70.4 Å². The molecular formula is C25H32F5N3OS. The Morgan fingerprint density at radius 1 is 1.17 bits per heavy atom. The number of halogens is 5. The van der Waals surface area contributed by atoms with E-state index in [1.807, 2.05) is 12.3 Å². The fraction of sp³-hybridized carbons (Fsp3) is 0.520. The zero-order chi connectivity index (χ0) is 26.4. The van der Waals surface area contributed by atoms with E-state index in [0.717, 1.165) is 4.90 Å². The molecule has 0 spiro atoms. The highest BCUT2D eigenvalue weighted by atomic mass is 32.2. The summed E-state index contributed by atoms with van der Waals surface area (Å²) in [6.45, 7) is 6.76. The maximum Gasteiger partial charge on any atom is 0.418 e. The van der Waals surface area contributed by atoms with E-state index in [4.69, 9.17) is 0 Å². The van der Waals surface area contributed by atoms with Crippen LogP contribution in [0.2, 0.25) is 0 Å². The second-order valence-electron chi connectivity index (χ2n) is 8.48. The highest BCUT2D eigenvalue weighted by Gasteiger charge is 2.39. The van der Waals surface area contributed by atoms with E-state index >= 15 is 0 Å². The molecule has 3 rings (SSSR count). The van der Waals surface area contributed by atoms with Gasteiger partial charge in [0, 0.05) is 36.5 Å². The highest BCUT2D eigenvalue weighted by molar-refractivity contribution is 7.98. The van der Waals surface area contributed by atoms with Gasteiger partial charge in [-0.3, -0.25) is 4.79 Å². The second-order valence-corrected chi connectivity index (χ2v) is 9.36. The van der Waals surface area contributed by atoms with Crippen molar-refractivity contribution in [2.24, 2.45) is 0 Å². The predicted molar refractivity (Wildman–Crippen MR) is 132 cm³/mol. The number of benzene rings is 1. The number of amides is 1. The Hall–Kier alpha value is -2.36. The number of pyridine rings is 1. The Bertz CT molecular complexity index is 1030. The number of carbonyl (C=O) groups excluding carboxylic acids is 1. The molecule has 1 fully saturated rings. The number of rotatable bonds is 4. The molecule has 0 aliphatic carbocycles. The molecule has 1 aromatic carbocycles. The highest BCUT2D eigenvalue weighted by Crippen LogP contribution is 2.39. The monoisotopic (exact) mass is 517 g/mol. The lowest BCUT2D eigenvalue weighted by atomic mass is 9.99. The third-order valence-electron chi connectivity index (χ3n) is 5.46. The van der Waals surface area contributed by atoms with Crippen LogP contribution in [0.25, 0.3) is 0 Å². The number of thioether (sulfide) groups is 1. The van der Waals surface area contributed by atoms with Crippen LogP contribution in [0, 0.1) is 13.8 Å². The van der Waals surface area contributed by atoms with Gasteiger partial charge in [0.25, 0.3) is 5.91 Å². The van der Waals surface area contributed by atoms with Crippen molar-refractivity contribution in [1.29, 1.82) is 0 Å². The molecule has 194 valence electrons. The van der Waals surface area contributed by atoms with E-state index in [0.29, 0.717) is 5.69 Å². The smallest absolute Gasteiger partial charge is 0.356 e. The van der Waals surface area contributed by atoms with Gasteiger partial charge in [0.2, 0.25) is 5.92 Å². The van der Waals surface area contributed by atoms with Gasteiger partial charge in [-0.1, -0.05) is 26.3 Å². The van der Waals surface area contributed by atoms with Gasteiger partial charge < -0.3 is 10.2 Å². The van der Waals surface area contributed by atoms with E-state index in [2.05, 4.69) is 24.1 Å². The second kappa shape index (κ2) is 12.1. The molecule has 1 aromatic heterocycles. The summed E-state index contributed by atoms with van der Waals surface area (Å²) in [5.74, 6) is -3.61. The van der Waals surface area contributed by atoms with Crippen molar-refractivity contribution < 1.29 is 26.7 Å². The lowest BCUT2D eigenvalue weighted by molar-refractivity contribution is -0.138. The summed E-state index contributed by atoms with van der Waals surface area (Å²) in [5, 5.41) is 2.65. The zero-order valence-electron chi connectivity index (χ0n) is 20.7. The number of aromatic nitrogens is 1.